The lowest BCUT2D eigenvalue weighted by Gasteiger charge is -2.22. The fourth-order valence-electron chi connectivity index (χ4n) is 1.08. The SMILES string of the molecule is CC(N)(CO)Cc1cc(Cl)ncc1Br. The first-order chi connectivity index (χ1) is 6.44. The van der Waals surface area contributed by atoms with Crippen molar-refractivity contribution < 1.29 is 5.11 Å². The number of aliphatic hydroxyl groups excluding tert-OH is 1. The normalized spacial score (nSPS) is 15.2. The van der Waals surface area contributed by atoms with Crippen LogP contribution in [0.1, 0.15) is 12.5 Å². The van der Waals surface area contributed by atoms with Gasteiger partial charge in [-0.25, -0.2) is 4.98 Å². The molecule has 0 radical (unpaired) electrons. The minimum atomic E-state index is -0.632. The van der Waals surface area contributed by atoms with Gasteiger partial charge in [0.05, 0.1) is 6.61 Å². The zero-order valence-corrected chi connectivity index (χ0v) is 10.1. The van der Waals surface area contributed by atoms with Gasteiger partial charge in [0.2, 0.25) is 0 Å². The summed E-state index contributed by atoms with van der Waals surface area (Å²) < 4.78 is 0.854. The van der Waals surface area contributed by atoms with Crippen LogP contribution in [-0.2, 0) is 6.42 Å². The predicted octanol–water partition coefficient (Wildman–Crippen LogP) is 1.75. The molecule has 1 atom stereocenters. The van der Waals surface area contributed by atoms with E-state index in [1.807, 2.05) is 0 Å². The van der Waals surface area contributed by atoms with Gasteiger partial charge in [0, 0.05) is 16.2 Å². The van der Waals surface area contributed by atoms with Crippen molar-refractivity contribution in [1.29, 1.82) is 0 Å². The predicted molar refractivity (Wildman–Crippen MR) is 60.3 cm³/mol. The van der Waals surface area contributed by atoms with Gasteiger partial charge >= 0.3 is 0 Å². The van der Waals surface area contributed by atoms with Crippen LogP contribution < -0.4 is 5.73 Å². The maximum atomic E-state index is 9.03. The summed E-state index contributed by atoms with van der Waals surface area (Å²) in [4.78, 5) is 3.91. The van der Waals surface area contributed by atoms with E-state index in [1.54, 1.807) is 19.2 Å². The van der Waals surface area contributed by atoms with Gasteiger partial charge in [-0.15, -0.1) is 0 Å². The smallest absolute Gasteiger partial charge is 0.129 e. The van der Waals surface area contributed by atoms with Crippen molar-refractivity contribution in [2.75, 3.05) is 6.61 Å². The van der Waals surface area contributed by atoms with E-state index in [0.717, 1.165) is 10.0 Å². The van der Waals surface area contributed by atoms with Crippen molar-refractivity contribution >= 4 is 27.5 Å². The van der Waals surface area contributed by atoms with E-state index in [2.05, 4.69) is 20.9 Å². The van der Waals surface area contributed by atoms with Gasteiger partial charge in [-0.05, 0) is 40.9 Å². The largest absolute Gasteiger partial charge is 0.394 e. The standard InChI is InChI=1S/C9H12BrClN2O/c1-9(12,5-14)3-6-2-8(11)13-4-7(6)10/h2,4,14H,3,5,12H2,1H3. The zero-order chi connectivity index (χ0) is 10.8. The Labute approximate surface area is 96.4 Å². The Bertz CT molecular complexity index is 331. The van der Waals surface area contributed by atoms with Crippen LogP contribution in [0.5, 0.6) is 0 Å². The minimum Gasteiger partial charge on any atom is -0.394 e. The Kier molecular flexibility index (Phi) is 3.89. The number of hydrogen-bond donors (Lipinski definition) is 2. The molecule has 0 bridgehead atoms. The van der Waals surface area contributed by atoms with Crippen LogP contribution in [0.2, 0.25) is 5.15 Å². The highest BCUT2D eigenvalue weighted by atomic mass is 79.9. The maximum Gasteiger partial charge on any atom is 0.129 e. The molecule has 3 nitrogen and oxygen atoms in total. The van der Waals surface area contributed by atoms with Crippen molar-refractivity contribution in [2.24, 2.45) is 5.73 Å². The molecule has 14 heavy (non-hydrogen) atoms. The topological polar surface area (TPSA) is 59.1 Å². The first-order valence-electron chi connectivity index (χ1n) is 4.14. The summed E-state index contributed by atoms with van der Waals surface area (Å²) in [6.45, 7) is 1.72. The molecule has 0 aliphatic heterocycles. The van der Waals surface area contributed by atoms with E-state index in [4.69, 9.17) is 22.4 Å². The second-order valence-electron chi connectivity index (χ2n) is 3.59. The van der Waals surface area contributed by atoms with Gasteiger partial charge in [-0.2, -0.15) is 0 Å². The molecular weight excluding hydrogens is 267 g/mol. The minimum absolute atomic E-state index is 0.0701. The highest BCUT2D eigenvalue weighted by molar-refractivity contribution is 9.10. The average molecular weight is 280 g/mol. The molecule has 0 saturated carbocycles. The molecule has 0 spiro atoms. The molecule has 5 heteroatoms. The molecule has 1 aromatic rings. The summed E-state index contributed by atoms with van der Waals surface area (Å²) in [6.07, 6.45) is 2.18. The molecule has 1 unspecified atom stereocenters. The molecule has 0 amide bonds. The lowest BCUT2D eigenvalue weighted by Crippen LogP contribution is -2.42. The third-order valence-electron chi connectivity index (χ3n) is 1.86. The van der Waals surface area contributed by atoms with Crippen molar-refractivity contribution in [3.05, 3.63) is 27.5 Å². The Hall–Kier alpha value is -0.160. The average Bonchev–Trinajstić information content (AvgIpc) is 2.11. The molecule has 78 valence electrons. The molecule has 1 heterocycles. The maximum absolute atomic E-state index is 9.03. The van der Waals surface area contributed by atoms with E-state index in [0.29, 0.717) is 11.6 Å². The number of aromatic nitrogens is 1. The fraction of sp³-hybridized carbons (Fsp3) is 0.444. The van der Waals surface area contributed by atoms with Crippen LogP contribution in [0.15, 0.2) is 16.7 Å². The second-order valence-corrected chi connectivity index (χ2v) is 4.83. The molecule has 3 N–H and O–H groups in total. The number of nitrogens with two attached hydrogens (primary N) is 1. The number of halogens is 2. The summed E-state index contributed by atoms with van der Waals surface area (Å²) in [5, 5.41) is 9.45. The first-order valence-corrected chi connectivity index (χ1v) is 5.31. The lowest BCUT2D eigenvalue weighted by molar-refractivity contribution is 0.208. The van der Waals surface area contributed by atoms with Crippen molar-refractivity contribution in [3.8, 4) is 0 Å². The lowest BCUT2D eigenvalue weighted by atomic mass is 9.96. The molecule has 0 aliphatic carbocycles. The quantitative estimate of drug-likeness (QED) is 0.829. The summed E-state index contributed by atoms with van der Waals surface area (Å²) in [7, 11) is 0. The molecule has 0 aromatic carbocycles. The summed E-state index contributed by atoms with van der Waals surface area (Å²) in [5.41, 5.74) is 6.15. The van der Waals surface area contributed by atoms with Crippen LogP contribution in [0, 0.1) is 0 Å². The third kappa shape index (κ3) is 3.20. The molecule has 1 rings (SSSR count). The highest BCUT2D eigenvalue weighted by Crippen LogP contribution is 2.22. The fourth-order valence-corrected chi connectivity index (χ4v) is 1.62. The number of nitrogens with zero attached hydrogens (tertiary/aromatic N) is 1. The van der Waals surface area contributed by atoms with E-state index >= 15 is 0 Å². The summed E-state index contributed by atoms with van der Waals surface area (Å²) >= 11 is 9.11. The van der Waals surface area contributed by atoms with E-state index in [9.17, 15) is 0 Å². The first kappa shape index (κ1) is 11.9. The highest BCUT2D eigenvalue weighted by Gasteiger charge is 2.19. The van der Waals surface area contributed by atoms with Crippen molar-refractivity contribution in [3.63, 3.8) is 0 Å². The van der Waals surface area contributed by atoms with Gasteiger partial charge in [0.1, 0.15) is 5.15 Å². The Balaban J connectivity index is 2.91. The van der Waals surface area contributed by atoms with Crippen LogP contribution >= 0.6 is 27.5 Å². The number of rotatable bonds is 3. The van der Waals surface area contributed by atoms with Gasteiger partial charge in [0.15, 0.2) is 0 Å². The van der Waals surface area contributed by atoms with Crippen LogP contribution in [0.4, 0.5) is 0 Å². The Morgan fingerprint density at radius 1 is 1.71 bits per heavy atom. The Morgan fingerprint density at radius 3 is 2.93 bits per heavy atom. The summed E-state index contributed by atoms with van der Waals surface area (Å²) in [6, 6.07) is 1.74. The van der Waals surface area contributed by atoms with E-state index < -0.39 is 5.54 Å². The number of hydrogen-bond acceptors (Lipinski definition) is 3. The third-order valence-corrected chi connectivity index (χ3v) is 2.78. The Morgan fingerprint density at radius 2 is 2.36 bits per heavy atom. The van der Waals surface area contributed by atoms with Crippen molar-refractivity contribution in [1.82, 2.24) is 4.98 Å². The molecule has 0 saturated heterocycles. The molecule has 0 fully saturated rings. The van der Waals surface area contributed by atoms with Gasteiger partial charge in [-0.1, -0.05) is 11.6 Å². The van der Waals surface area contributed by atoms with Gasteiger partial charge < -0.3 is 10.8 Å². The van der Waals surface area contributed by atoms with E-state index in [-0.39, 0.29) is 6.61 Å². The van der Waals surface area contributed by atoms with E-state index in [1.165, 1.54) is 0 Å². The number of aliphatic hydroxyl groups is 1. The second kappa shape index (κ2) is 4.57. The molecule has 1 aromatic heterocycles. The van der Waals surface area contributed by atoms with Crippen LogP contribution in [-0.4, -0.2) is 22.2 Å². The molecular formula is C9H12BrClN2O. The van der Waals surface area contributed by atoms with Gasteiger partial charge in [-0.3, -0.25) is 0 Å². The molecule has 0 aliphatic rings. The van der Waals surface area contributed by atoms with Gasteiger partial charge in [0.25, 0.3) is 0 Å². The van der Waals surface area contributed by atoms with Crippen molar-refractivity contribution in [2.45, 2.75) is 18.9 Å². The monoisotopic (exact) mass is 278 g/mol. The van der Waals surface area contributed by atoms with Crippen LogP contribution in [0.3, 0.4) is 0 Å². The summed E-state index contributed by atoms with van der Waals surface area (Å²) in [5.74, 6) is 0. The number of pyridine rings is 1. The zero-order valence-electron chi connectivity index (χ0n) is 7.80. The van der Waals surface area contributed by atoms with Crippen LogP contribution in [0.25, 0.3) is 0 Å².